The minimum Gasteiger partial charge on any atom is -0.399 e. The zero-order valence-corrected chi connectivity index (χ0v) is 25.3. The maximum Gasteiger partial charge on any atom is 0.494 e. The van der Waals surface area contributed by atoms with E-state index in [-0.39, 0.29) is 18.3 Å². The van der Waals surface area contributed by atoms with Crippen LogP contribution in [0.15, 0.2) is 103 Å². The van der Waals surface area contributed by atoms with E-state index >= 15 is 0 Å². The minimum absolute atomic E-state index is 0.372. The van der Waals surface area contributed by atoms with Crippen LogP contribution in [0.1, 0.15) is 27.7 Å². The van der Waals surface area contributed by atoms with Gasteiger partial charge in [0.15, 0.2) is 5.65 Å². The highest BCUT2D eigenvalue weighted by atomic mass is 32.1. The van der Waals surface area contributed by atoms with E-state index in [1.54, 1.807) is 0 Å². The maximum atomic E-state index is 6.34. The van der Waals surface area contributed by atoms with Crippen LogP contribution < -0.4 is 5.46 Å². The fourth-order valence-corrected chi connectivity index (χ4v) is 7.84. The standard InChI is InChI=1S/C37H29BN2O2S/c1-36(2)37(3,4)42-38(41-36)26-15-13-22(14-16-26)32-27-12-8-7-11-25(27)21-31-33(32)28-17-18-40-30-20-24-10-6-5-9-23(24)19-29(30)39-35(40)34(28)43-31/h5-21H,1-4H3. The molecule has 1 aliphatic heterocycles. The van der Waals surface area contributed by atoms with Crippen LogP contribution >= 0.6 is 11.3 Å². The summed E-state index contributed by atoms with van der Waals surface area (Å²) in [6, 6.07) is 35.0. The molecule has 0 spiro atoms. The van der Waals surface area contributed by atoms with Gasteiger partial charge in [0, 0.05) is 21.7 Å². The second-order valence-corrected chi connectivity index (χ2v) is 13.8. The molecule has 0 aliphatic carbocycles. The van der Waals surface area contributed by atoms with Crippen molar-refractivity contribution in [1.29, 1.82) is 0 Å². The molecule has 3 aromatic heterocycles. The van der Waals surface area contributed by atoms with Gasteiger partial charge in [0.1, 0.15) is 0 Å². The number of fused-ring (bicyclic) bond motifs is 9. The molecule has 1 fully saturated rings. The molecule has 8 aromatic rings. The molecule has 43 heavy (non-hydrogen) atoms. The molecule has 208 valence electrons. The Kier molecular flexibility index (Phi) is 5.10. The van der Waals surface area contributed by atoms with E-state index in [1.165, 1.54) is 52.8 Å². The first-order valence-corrected chi connectivity index (χ1v) is 15.6. The molecule has 0 radical (unpaired) electrons. The van der Waals surface area contributed by atoms with Gasteiger partial charge in [-0.3, -0.25) is 4.40 Å². The predicted molar refractivity (Wildman–Crippen MR) is 182 cm³/mol. The lowest BCUT2D eigenvalue weighted by Gasteiger charge is -2.32. The Labute approximate surface area is 253 Å². The SMILES string of the molecule is CC1(C)OB(c2ccc(-c3c4ccccc4cc4sc5c(ccn6c7cc8ccccc8cc7nc56)c34)cc2)OC1(C)C. The second kappa shape index (κ2) is 8.67. The van der Waals surface area contributed by atoms with E-state index in [2.05, 4.69) is 135 Å². The van der Waals surface area contributed by atoms with Crippen LogP contribution in [0.4, 0.5) is 0 Å². The third-order valence-corrected chi connectivity index (χ3v) is 10.8. The molecule has 1 aliphatic rings. The molecule has 0 amide bonds. The largest absolute Gasteiger partial charge is 0.494 e. The number of aromatic nitrogens is 2. The number of hydrogen-bond acceptors (Lipinski definition) is 4. The fourth-order valence-electron chi connectivity index (χ4n) is 6.60. The van der Waals surface area contributed by atoms with Gasteiger partial charge in [0.25, 0.3) is 0 Å². The van der Waals surface area contributed by atoms with Crippen molar-refractivity contribution >= 4 is 82.3 Å². The smallest absolute Gasteiger partial charge is 0.399 e. The molecular formula is C37H29BN2O2S. The lowest BCUT2D eigenvalue weighted by atomic mass is 9.78. The Morgan fingerprint density at radius 3 is 2.14 bits per heavy atom. The van der Waals surface area contributed by atoms with Gasteiger partial charge in [-0.25, -0.2) is 4.98 Å². The normalized spacial score (nSPS) is 16.5. The number of imidazole rings is 1. The lowest BCUT2D eigenvalue weighted by molar-refractivity contribution is 0.00578. The molecule has 4 heterocycles. The first-order chi connectivity index (χ1) is 20.8. The zero-order chi connectivity index (χ0) is 29.1. The molecule has 1 saturated heterocycles. The van der Waals surface area contributed by atoms with Gasteiger partial charge in [-0.2, -0.15) is 0 Å². The number of nitrogens with zero attached hydrogens (tertiary/aromatic N) is 2. The lowest BCUT2D eigenvalue weighted by Crippen LogP contribution is -2.41. The summed E-state index contributed by atoms with van der Waals surface area (Å²) in [4.78, 5) is 5.19. The molecular weight excluding hydrogens is 547 g/mol. The van der Waals surface area contributed by atoms with E-state index in [0.29, 0.717) is 0 Å². The summed E-state index contributed by atoms with van der Waals surface area (Å²) in [6.45, 7) is 8.38. The van der Waals surface area contributed by atoms with Crippen molar-refractivity contribution in [3.05, 3.63) is 103 Å². The highest BCUT2D eigenvalue weighted by Crippen LogP contribution is 2.45. The molecule has 0 bridgehead atoms. The van der Waals surface area contributed by atoms with E-state index in [1.807, 2.05) is 11.3 Å². The predicted octanol–water partition coefficient (Wildman–Crippen LogP) is 9.13. The summed E-state index contributed by atoms with van der Waals surface area (Å²) in [6.07, 6.45) is 2.19. The van der Waals surface area contributed by atoms with Gasteiger partial charge in [-0.1, -0.05) is 72.8 Å². The van der Waals surface area contributed by atoms with Crippen molar-refractivity contribution in [1.82, 2.24) is 9.38 Å². The summed E-state index contributed by atoms with van der Waals surface area (Å²) in [5.74, 6) is 0. The quantitative estimate of drug-likeness (QED) is 0.193. The molecule has 6 heteroatoms. The third kappa shape index (κ3) is 3.61. The summed E-state index contributed by atoms with van der Waals surface area (Å²) >= 11 is 1.83. The molecule has 9 rings (SSSR count). The Hall–Kier alpha value is -4.23. The molecule has 0 saturated carbocycles. The van der Waals surface area contributed by atoms with Crippen molar-refractivity contribution in [3.63, 3.8) is 0 Å². The van der Waals surface area contributed by atoms with E-state index < -0.39 is 0 Å². The van der Waals surface area contributed by atoms with Gasteiger partial charge in [-0.05, 0) is 90.1 Å². The average Bonchev–Trinajstić information content (AvgIpc) is 3.62. The summed E-state index contributed by atoms with van der Waals surface area (Å²) in [7, 11) is -0.381. The van der Waals surface area contributed by atoms with E-state index in [9.17, 15) is 0 Å². The van der Waals surface area contributed by atoms with Gasteiger partial charge in [0.05, 0.1) is 26.9 Å². The molecule has 5 aromatic carbocycles. The molecule has 0 atom stereocenters. The van der Waals surface area contributed by atoms with Gasteiger partial charge >= 0.3 is 7.12 Å². The third-order valence-electron chi connectivity index (χ3n) is 9.61. The molecule has 0 unspecified atom stereocenters. The monoisotopic (exact) mass is 576 g/mol. The maximum absolute atomic E-state index is 6.34. The van der Waals surface area contributed by atoms with Crippen LogP contribution in [0, 0.1) is 0 Å². The number of rotatable bonds is 2. The first-order valence-electron chi connectivity index (χ1n) is 14.8. The Morgan fingerprint density at radius 1 is 0.721 bits per heavy atom. The van der Waals surface area contributed by atoms with Crippen LogP contribution in [-0.4, -0.2) is 27.7 Å². The second-order valence-electron chi connectivity index (χ2n) is 12.7. The van der Waals surface area contributed by atoms with E-state index in [4.69, 9.17) is 14.3 Å². The van der Waals surface area contributed by atoms with Crippen LogP contribution in [-0.2, 0) is 9.31 Å². The summed E-state index contributed by atoms with van der Waals surface area (Å²) in [5, 5.41) is 7.44. The van der Waals surface area contributed by atoms with Crippen LogP contribution in [0.2, 0.25) is 0 Å². The van der Waals surface area contributed by atoms with Gasteiger partial charge in [0.2, 0.25) is 0 Å². The summed E-state index contributed by atoms with van der Waals surface area (Å²) in [5.41, 5.74) is 5.89. The van der Waals surface area contributed by atoms with Crippen molar-refractivity contribution < 1.29 is 9.31 Å². The van der Waals surface area contributed by atoms with Crippen LogP contribution in [0.5, 0.6) is 0 Å². The first kappa shape index (κ1) is 25.3. The van der Waals surface area contributed by atoms with Crippen molar-refractivity contribution in [2.24, 2.45) is 0 Å². The molecule has 4 nitrogen and oxygen atoms in total. The van der Waals surface area contributed by atoms with Crippen molar-refractivity contribution in [2.75, 3.05) is 0 Å². The number of hydrogen-bond donors (Lipinski definition) is 0. The number of pyridine rings is 1. The summed E-state index contributed by atoms with van der Waals surface area (Å²) < 4.78 is 17.4. The Balaban J connectivity index is 1.27. The Bertz CT molecular complexity index is 2400. The van der Waals surface area contributed by atoms with Crippen LogP contribution in [0.25, 0.3) is 69.5 Å². The van der Waals surface area contributed by atoms with Crippen LogP contribution in [0.3, 0.4) is 0 Å². The topological polar surface area (TPSA) is 35.8 Å². The number of benzene rings is 5. The number of thiophene rings is 1. The average molecular weight is 577 g/mol. The molecule has 0 N–H and O–H groups in total. The van der Waals surface area contributed by atoms with E-state index in [0.717, 1.165) is 22.1 Å². The highest BCUT2D eigenvalue weighted by molar-refractivity contribution is 7.26. The van der Waals surface area contributed by atoms with Crippen molar-refractivity contribution in [3.8, 4) is 11.1 Å². The minimum atomic E-state index is -0.381. The van der Waals surface area contributed by atoms with Gasteiger partial charge in [-0.15, -0.1) is 11.3 Å². The fraction of sp³-hybridized carbons (Fsp3) is 0.162. The van der Waals surface area contributed by atoms with Gasteiger partial charge < -0.3 is 9.31 Å². The zero-order valence-electron chi connectivity index (χ0n) is 24.5. The van der Waals surface area contributed by atoms with Crippen molar-refractivity contribution in [2.45, 2.75) is 38.9 Å². The highest BCUT2D eigenvalue weighted by Gasteiger charge is 2.51. The Morgan fingerprint density at radius 2 is 1.40 bits per heavy atom.